The van der Waals surface area contributed by atoms with Gasteiger partial charge in [-0.15, -0.1) is 0 Å². The highest BCUT2D eigenvalue weighted by Gasteiger charge is 2.25. The van der Waals surface area contributed by atoms with Crippen LogP contribution in [0.5, 0.6) is 0 Å². The average molecular weight is 141 g/mol. The second kappa shape index (κ2) is 2.91. The zero-order chi connectivity index (χ0) is 7.61. The fraction of sp³-hybridized carbons (Fsp3) is 1.00. The molecule has 0 spiro atoms. The molecule has 0 aromatic heterocycles. The largest absolute Gasteiger partial charge is 0.325 e. The van der Waals surface area contributed by atoms with Crippen LogP contribution in [-0.4, -0.2) is 5.54 Å². The van der Waals surface area contributed by atoms with Crippen molar-refractivity contribution >= 4 is 0 Å². The molecule has 1 nitrogen and oxygen atoms in total. The summed E-state index contributed by atoms with van der Waals surface area (Å²) >= 11 is 0. The Morgan fingerprint density at radius 1 is 1.10 bits per heavy atom. The zero-order valence-corrected chi connectivity index (χ0v) is 7.19. The van der Waals surface area contributed by atoms with Crippen molar-refractivity contribution in [2.75, 3.05) is 0 Å². The minimum absolute atomic E-state index is 0.0699. The molecule has 1 fully saturated rings. The SMILES string of the molecule is CC(C)(N)C1CCCCC1. The Balaban J connectivity index is 2.39. The van der Waals surface area contributed by atoms with E-state index in [4.69, 9.17) is 5.73 Å². The Morgan fingerprint density at radius 2 is 1.60 bits per heavy atom. The Labute approximate surface area is 64.0 Å². The molecular weight excluding hydrogens is 122 g/mol. The van der Waals surface area contributed by atoms with Gasteiger partial charge in [0, 0.05) is 5.54 Å². The van der Waals surface area contributed by atoms with E-state index in [1.807, 2.05) is 0 Å². The van der Waals surface area contributed by atoms with Gasteiger partial charge in [0.05, 0.1) is 0 Å². The van der Waals surface area contributed by atoms with Gasteiger partial charge in [-0.1, -0.05) is 19.3 Å². The van der Waals surface area contributed by atoms with E-state index in [9.17, 15) is 0 Å². The predicted molar refractivity (Wildman–Crippen MR) is 44.8 cm³/mol. The molecule has 0 atom stereocenters. The summed E-state index contributed by atoms with van der Waals surface area (Å²) in [5.41, 5.74) is 6.08. The van der Waals surface area contributed by atoms with E-state index in [-0.39, 0.29) is 5.54 Å². The highest BCUT2D eigenvalue weighted by molar-refractivity contribution is 4.83. The first-order chi connectivity index (χ1) is 4.61. The minimum atomic E-state index is 0.0699. The minimum Gasteiger partial charge on any atom is -0.325 e. The topological polar surface area (TPSA) is 26.0 Å². The molecule has 0 aromatic carbocycles. The van der Waals surface area contributed by atoms with E-state index in [0.29, 0.717) is 0 Å². The first-order valence-electron chi connectivity index (χ1n) is 4.39. The van der Waals surface area contributed by atoms with Gasteiger partial charge in [0.25, 0.3) is 0 Å². The lowest BCUT2D eigenvalue weighted by molar-refractivity contribution is 0.240. The lowest BCUT2D eigenvalue weighted by Gasteiger charge is -2.33. The van der Waals surface area contributed by atoms with Crippen molar-refractivity contribution < 1.29 is 0 Å². The normalized spacial score (nSPS) is 23.1. The number of rotatable bonds is 1. The van der Waals surface area contributed by atoms with Crippen molar-refractivity contribution in [3.05, 3.63) is 0 Å². The van der Waals surface area contributed by atoms with Gasteiger partial charge in [-0.2, -0.15) is 0 Å². The predicted octanol–water partition coefficient (Wildman–Crippen LogP) is 2.30. The van der Waals surface area contributed by atoms with Crippen molar-refractivity contribution in [3.63, 3.8) is 0 Å². The highest BCUT2D eigenvalue weighted by Crippen LogP contribution is 2.30. The van der Waals surface area contributed by atoms with Crippen molar-refractivity contribution in [3.8, 4) is 0 Å². The molecular formula is C9H19N. The van der Waals surface area contributed by atoms with Gasteiger partial charge >= 0.3 is 0 Å². The Kier molecular flexibility index (Phi) is 2.35. The van der Waals surface area contributed by atoms with Gasteiger partial charge < -0.3 is 5.73 Å². The van der Waals surface area contributed by atoms with Gasteiger partial charge in [0.2, 0.25) is 0 Å². The lowest BCUT2D eigenvalue weighted by Crippen LogP contribution is -2.41. The number of hydrogen-bond donors (Lipinski definition) is 1. The smallest absolute Gasteiger partial charge is 0.0125 e. The van der Waals surface area contributed by atoms with Crippen LogP contribution in [0.15, 0.2) is 0 Å². The summed E-state index contributed by atoms with van der Waals surface area (Å²) in [6.45, 7) is 4.31. The molecule has 0 saturated heterocycles. The third kappa shape index (κ3) is 1.98. The maximum atomic E-state index is 6.01. The molecule has 60 valence electrons. The number of hydrogen-bond acceptors (Lipinski definition) is 1. The van der Waals surface area contributed by atoms with E-state index >= 15 is 0 Å². The van der Waals surface area contributed by atoms with Crippen LogP contribution in [-0.2, 0) is 0 Å². The van der Waals surface area contributed by atoms with Crippen LogP contribution in [0, 0.1) is 5.92 Å². The fourth-order valence-corrected chi connectivity index (χ4v) is 1.85. The molecule has 0 aromatic rings. The zero-order valence-electron chi connectivity index (χ0n) is 7.19. The van der Waals surface area contributed by atoms with Gasteiger partial charge in [-0.05, 0) is 32.6 Å². The molecule has 0 amide bonds. The molecule has 0 radical (unpaired) electrons. The molecule has 2 N–H and O–H groups in total. The van der Waals surface area contributed by atoms with Gasteiger partial charge in [-0.25, -0.2) is 0 Å². The standard InChI is InChI=1S/C9H19N/c1-9(2,10)8-6-4-3-5-7-8/h8H,3-7,10H2,1-2H3. The summed E-state index contributed by atoms with van der Waals surface area (Å²) in [4.78, 5) is 0. The maximum Gasteiger partial charge on any atom is 0.0125 e. The van der Waals surface area contributed by atoms with Crippen LogP contribution >= 0.6 is 0 Å². The van der Waals surface area contributed by atoms with Gasteiger partial charge in [0.1, 0.15) is 0 Å². The number of nitrogens with two attached hydrogens (primary N) is 1. The summed E-state index contributed by atoms with van der Waals surface area (Å²) in [5.74, 6) is 0.779. The van der Waals surface area contributed by atoms with Crippen LogP contribution in [0.3, 0.4) is 0 Å². The Morgan fingerprint density at radius 3 is 1.90 bits per heavy atom. The van der Waals surface area contributed by atoms with Crippen LogP contribution in [0.25, 0.3) is 0 Å². The average Bonchev–Trinajstić information content (AvgIpc) is 1.88. The molecule has 0 heterocycles. The quantitative estimate of drug-likeness (QED) is 0.595. The van der Waals surface area contributed by atoms with Crippen LogP contribution < -0.4 is 5.73 Å². The van der Waals surface area contributed by atoms with E-state index in [1.165, 1.54) is 32.1 Å². The molecule has 0 unspecified atom stereocenters. The summed E-state index contributed by atoms with van der Waals surface area (Å²) in [6, 6.07) is 0. The van der Waals surface area contributed by atoms with E-state index in [2.05, 4.69) is 13.8 Å². The molecule has 1 aliphatic rings. The molecule has 10 heavy (non-hydrogen) atoms. The fourth-order valence-electron chi connectivity index (χ4n) is 1.85. The molecule has 1 rings (SSSR count). The highest BCUT2D eigenvalue weighted by atomic mass is 14.7. The summed E-state index contributed by atoms with van der Waals surface area (Å²) in [5, 5.41) is 0. The van der Waals surface area contributed by atoms with Crippen LogP contribution in [0.2, 0.25) is 0 Å². The Bertz CT molecular complexity index is 95.8. The van der Waals surface area contributed by atoms with Crippen molar-refractivity contribution in [2.24, 2.45) is 11.7 Å². The van der Waals surface area contributed by atoms with E-state index in [1.54, 1.807) is 0 Å². The van der Waals surface area contributed by atoms with E-state index < -0.39 is 0 Å². The first-order valence-corrected chi connectivity index (χ1v) is 4.39. The van der Waals surface area contributed by atoms with Crippen molar-refractivity contribution in [1.29, 1.82) is 0 Å². The van der Waals surface area contributed by atoms with Crippen molar-refractivity contribution in [1.82, 2.24) is 0 Å². The van der Waals surface area contributed by atoms with Crippen molar-refractivity contribution in [2.45, 2.75) is 51.5 Å². The van der Waals surface area contributed by atoms with E-state index in [0.717, 1.165) is 5.92 Å². The summed E-state index contributed by atoms with van der Waals surface area (Å²) in [6.07, 6.45) is 6.91. The van der Waals surface area contributed by atoms with Gasteiger partial charge in [0.15, 0.2) is 0 Å². The summed E-state index contributed by atoms with van der Waals surface area (Å²) in [7, 11) is 0. The molecule has 1 saturated carbocycles. The second-order valence-electron chi connectivity index (χ2n) is 4.16. The monoisotopic (exact) mass is 141 g/mol. The first kappa shape index (κ1) is 8.06. The molecule has 1 aliphatic carbocycles. The maximum absolute atomic E-state index is 6.01. The molecule has 0 aliphatic heterocycles. The molecule has 1 heteroatoms. The third-order valence-electron chi connectivity index (χ3n) is 2.66. The van der Waals surface area contributed by atoms with Gasteiger partial charge in [-0.3, -0.25) is 0 Å². The Hall–Kier alpha value is -0.0400. The molecule has 0 bridgehead atoms. The summed E-state index contributed by atoms with van der Waals surface area (Å²) < 4.78 is 0. The lowest BCUT2D eigenvalue weighted by atomic mass is 9.77. The third-order valence-corrected chi connectivity index (χ3v) is 2.66. The van der Waals surface area contributed by atoms with Crippen LogP contribution in [0.1, 0.15) is 46.0 Å². The van der Waals surface area contributed by atoms with Crippen LogP contribution in [0.4, 0.5) is 0 Å². The second-order valence-corrected chi connectivity index (χ2v) is 4.16.